The van der Waals surface area contributed by atoms with E-state index in [1.807, 2.05) is 32.0 Å². The summed E-state index contributed by atoms with van der Waals surface area (Å²) in [6.45, 7) is 4.66. The number of para-hydroxylation sites is 1. The smallest absolute Gasteiger partial charge is 0.344 e. The molecule has 0 unspecified atom stereocenters. The van der Waals surface area contributed by atoms with Crippen molar-refractivity contribution in [3.05, 3.63) is 53.1 Å². The number of esters is 1. The minimum atomic E-state index is -0.692. The van der Waals surface area contributed by atoms with Crippen LogP contribution in [0.25, 0.3) is 0 Å². The molecule has 0 aliphatic heterocycles. The van der Waals surface area contributed by atoms with Gasteiger partial charge in [-0.1, -0.05) is 32.0 Å². The van der Waals surface area contributed by atoms with E-state index in [0.717, 1.165) is 29.7 Å². The van der Waals surface area contributed by atoms with E-state index in [4.69, 9.17) is 14.2 Å². The van der Waals surface area contributed by atoms with Gasteiger partial charge in [0.05, 0.1) is 7.11 Å². The Bertz CT molecular complexity index is 900. The molecule has 0 aliphatic carbocycles. The summed E-state index contributed by atoms with van der Waals surface area (Å²) >= 11 is 0. The number of benzene rings is 2. The number of carbonyl (C=O) groups excluding carboxylic acids is 3. The van der Waals surface area contributed by atoms with Crippen LogP contribution in [-0.4, -0.2) is 38.0 Å². The van der Waals surface area contributed by atoms with Gasteiger partial charge in [-0.25, -0.2) is 4.79 Å². The van der Waals surface area contributed by atoms with Gasteiger partial charge in [0.1, 0.15) is 0 Å². The molecule has 7 nitrogen and oxygen atoms in total. The molecule has 0 aliphatic rings. The van der Waals surface area contributed by atoms with Crippen LogP contribution >= 0.6 is 0 Å². The van der Waals surface area contributed by atoms with Crippen LogP contribution in [0.4, 0.5) is 5.69 Å². The number of methoxy groups -OCH3 is 1. The summed E-state index contributed by atoms with van der Waals surface area (Å²) in [7, 11) is 1.44. The van der Waals surface area contributed by atoms with Gasteiger partial charge in [-0.05, 0) is 49.1 Å². The number of amides is 1. The second-order valence-corrected chi connectivity index (χ2v) is 6.58. The summed E-state index contributed by atoms with van der Waals surface area (Å²) in [5.41, 5.74) is 3.30. The van der Waals surface area contributed by atoms with Crippen LogP contribution in [0.2, 0.25) is 0 Å². The van der Waals surface area contributed by atoms with Gasteiger partial charge < -0.3 is 19.5 Å². The molecule has 0 radical (unpaired) electrons. The molecule has 2 rings (SSSR count). The predicted molar refractivity (Wildman–Crippen MR) is 113 cm³/mol. The number of ether oxygens (including phenoxy) is 3. The highest BCUT2D eigenvalue weighted by atomic mass is 16.6. The summed E-state index contributed by atoms with van der Waals surface area (Å²) in [6, 6.07) is 10.5. The van der Waals surface area contributed by atoms with Gasteiger partial charge >= 0.3 is 5.97 Å². The molecule has 0 fully saturated rings. The third-order valence-electron chi connectivity index (χ3n) is 4.54. The third kappa shape index (κ3) is 6.07. The molecule has 0 saturated carbocycles. The standard InChI is InChI=1S/C23H27NO6/c1-5-16-8-7-9-17(6-2)23(16)24-21(26)13-30-22(27)14-29-19-11-10-18(15(3)25)12-20(19)28-4/h7-12H,5-6,13-14H2,1-4H3,(H,24,26). The number of anilines is 1. The lowest BCUT2D eigenvalue weighted by atomic mass is 10.0. The number of rotatable bonds is 10. The molecule has 1 N–H and O–H groups in total. The van der Waals surface area contributed by atoms with Gasteiger partial charge in [-0.15, -0.1) is 0 Å². The molecule has 30 heavy (non-hydrogen) atoms. The van der Waals surface area contributed by atoms with Gasteiger partial charge in [0, 0.05) is 11.3 Å². The number of carbonyl (C=O) groups is 3. The molecular weight excluding hydrogens is 386 g/mol. The zero-order chi connectivity index (χ0) is 22.1. The second kappa shape index (κ2) is 11.0. The van der Waals surface area contributed by atoms with Gasteiger partial charge in [0.25, 0.3) is 5.91 Å². The number of Topliss-reactive ketones (excluding diaryl/α,β-unsaturated/α-hetero) is 1. The number of nitrogens with one attached hydrogen (secondary N) is 1. The van der Waals surface area contributed by atoms with Crippen LogP contribution in [-0.2, 0) is 27.2 Å². The van der Waals surface area contributed by atoms with Gasteiger partial charge in [-0.2, -0.15) is 0 Å². The number of ketones is 1. The summed E-state index contributed by atoms with van der Waals surface area (Å²) in [5, 5.41) is 2.84. The van der Waals surface area contributed by atoms with Crippen LogP contribution in [0.1, 0.15) is 42.3 Å². The molecular formula is C23H27NO6. The molecule has 0 bridgehead atoms. The Morgan fingerprint density at radius 1 is 0.933 bits per heavy atom. The van der Waals surface area contributed by atoms with Crippen LogP contribution < -0.4 is 14.8 Å². The highest BCUT2D eigenvalue weighted by Crippen LogP contribution is 2.28. The molecule has 0 aromatic heterocycles. The van der Waals surface area contributed by atoms with E-state index < -0.39 is 25.1 Å². The molecule has 2 aromatic rings. The van der Waals surface area contributed by atoms with Gasteiger partial charge in [0.15, 0.2) is 30.5 Å². The van der Waals surface area contributed by atoms with Crippen molar-refractivity contribution < 1.29 is 28.6 Å². The third-order valence-corrected chi connectivity index (χ3v) is 4.54. The Kier molecular flexibility index (Phi) is 8.41. The fourth-order valence-corrected chi connectivity index (χ4v) is 2.91. The van der Waals surface area contributed by atoms with E-state index in [9.17, 15) is 14.4 Å². The van der Waals surface area contributed by atoms with Crippen molar-refractivity contribution >= 4 is 23.3 Å². The fourth-order valence-electron chi connectivity index (χ4n) is 2.91. The summed E-state index contributed by atoms with van der Waals surface area (Å²) in [5.74, 6) is -0.587. The van der Waals surface area contributed by atoms with Crippen molar-refractivity contribution in [1.29, 1.82) is 0 Å². The van der Waals surface area contributed by atoms with E-state index in [1.54, 1.807) is 12.1 Å². The normalized spacial score (nSPS) is 10.3. The van der Waals surface area contributed by atoms with Crippen molar-refractivity contribution in [1.82, 2.24) is 0 Å². The lowest BCUT2D eigenvalue weighted by Crippen LogP contribution is -2.24. The SMILES string of the molecule is CCc1cccc(CC)c1NC(=O)COC(=O)COc1ccc(C(C)=O)cc1OC. The Hall–Kier alpha value is -3.35. The van der Waals surface area contributed by atoms with Gasteiger partial charge in [-0.3, -0.25) is 9.59 Å². The topological polar surface area (TPSA) is 90.9 Å². The Balaban J connectivity index is 1.90. The molecule has 7 heteroatoms. The molecule has 0 spiro atoms. The van der Waals surface area contributed by atoms with Crippen molar-refractivity contribution in [2.75, 3.05) is 25.6 Å². The van der Waals surface area contributed by atoms with Gasteiger partial charge in [0.2, 0.25) is 0 Å². The molecule has 160 valence electrons. The summed E-state index contributed by atoms with van der Waals surface area (Å²) in [6.07, 6.45) is 1.56. The van der Waals surface area contributed by atoms with E-state index in [1.165, 1.54) is 20.1 Å². The van der Waals surface area contributed by atoms with E-state index in [2.05, 4.69) is 5.32 Å². The monoisotopic (exact) mass is 413 g/mol. The average Bonchev–Trinajstić information content (AvgIpc) is 2.76. The number of hydrogen-bond acceptors (Lipinski definition) is 6. The maximum atomic E-state index is 12.2. The number of hydrogen-bond donors (Lipinski definition) is 1. The lowest BCUT2D eigenvalue weighted by molar-refractivity contribution is -0.149. The Labute approximate surface area is 176 Å². The fraction of sp³-hybridized carbons (Fsp3) is 0.348. The Morgan fingerprint density at radius 3 is 2.17 bits per heavy atom. The first-order valence-corrected chi connectivity index (χ1v) is 9.77. The molecule has 0 saturated heterocycles. The first-order valence-electron chi connectivity index (χ1n) is 9.77. The summed E-state index contributed by atoms with van der Waals surface area (Å²) < 4.78 is 15.6. The van der Waals surface area contributed by atoms with Crippen molar-refractivity contribution in [2.24, 2.45) is 0 Å². The molecule has 0 atom stereocenters. The quantitative estimate of drug-likeness (QED) is 0.473. The van der Waals surface area contributed by atoms with Crippen molar-refractivity contribution in [3.8, 4) is 11.5 Å². The first-order chi connectivity index (χ1) is 14.4. The lowest BCUT2D eigenvalue weighted by Gasteiger charge is -2.14. The molecule has 1 amide bonds. The second-order valence-electron chi connectivity index (χ2n) is 6.58. The minimum Gasteiger partial charge on any atom is -0.493 e. The molecule has 2 aromatic carbocycles. The Morgan fingerprint density at radius 2 is 1.60 bits per heavy atom. The van der Waals surface area contributed by atoms with Crippen LogP contribution in [0.15, 0.2) is 36.4 Å². The minimum absolute atomic E-state index is 0.110. The predicted octanol–water partition coefficient (Wildman–Crippen LogP) is 3.58. The van der Waals surface area contributed by atoms with Crippen molar-refractivity contribution in [2.45, 2.75) is 33.6 Å². The first kappa shape index (κ1) is 22.9. The molecule has 0 heterocycles. The van der Waals surface area contributed by atoms with Crippen LogP contribution in [0.3, 0.4) is 0 Å². The highest BCUT2D eigenvalue weighted by molar-refractivity contribution is 5.95. The van der Waals surface area contributed by atoms with E-state index in [0.29, 0.717) is 17.1 Å². The average molecular weight is 413 g/mol. The van der Waals surface area contributed by atoms with Crippen LogP contribution in [0, 0.1) is 0 Å². The van der Waals surface area contributed by atoms with Crippen molar-refractivity contribution in [3.63, 3.8) is 0 Å². The zero-order valence-electron chi connectivity index (χ0n) is 17.7. The largest absolute Gasteiger partial charge is 0.493 e. The number of aryl methyl sites for hydroxylation is 2. The van der Waals surface area contributed by atoms with Crippen LogP contribution in [0.5, 0.6) is 11.5 Å². The zero-order valence-corrected chi connectivity index (χ0v) is 17.7. The van der Waals surface area contributed by atoms with E-state index >= 15 is 0 Å². The highest BCUT2D eigenvalue weighted by Gasteiger charge is 2.14. The maximum Gasteiger partial charge on any atom is 0.344 e. The van der Waals surface area contributed by atoms with E-state index in [-0.39, 0.29) is 5.78 Å². The summed E-state index contributed by atoms with van der Waals surface area (Å²) in [4.78, 5) is 35.7. The maximum absolute atomic E-state index is 12.2.